The van der Waals surface area contributed by atoms with E-state index in [2.05, 4.69) is 5.32 Å². The summed E-state index contributed by atoms with van der Waals surface area (Å²) < 4.78 is 5.88. The second-order valence-corrected chi connectivity index (χ2v) is 9.17. The Morgan fingerprint density at radius 1 is 1.03 bits per heavy atom. The van der Waals surface area contributed by atoms with Gasteiger partial charge in [0, 0.05) is 12.1 Å². The van der Waals surface area contributed by atoms with Crippen LogP contribution in [0.3, 0.4) is 0 Å². The lowest BCUT2D eigenvalue weighted by molar-refractivity contribution is -0.143. The molecule has 0 spiro atoms. The van der Waals surface area contributed by atoms with Crippen molar-refractivity contribution in [3.05, 3.63) is 64.7 Å². The maximum Gasteiger partial charge on any atom is 0.261 e. The molecule has 1 atom stereocenters. The molecule has 31 heavy (non-hydrogen) atoms. The molecule has 0 aliphatic rings. The minimum atomic E-state index is -0.575. The number of hydrogen-bond acceptors (Lipinski definition) is 3. The molecular formula is C26H36N2O3. The number of rotatable bonds is 8. The van der Waals surface area contributed by atoms with Gasteiger partial charge in [-0.05, 0) is 76.3 Å². The van der Waals surface area contributed by atoms with Gasteiger partial charge in [-0.25, -0.2) is 0 Å². The molecule has 1 unspecified atom stereocenters. The molecule has 0 aliphatic heterocycles. The molecule has 0 aliphatic carbocycles. The molecule has 2 rings (SSSR count). The summed E-state index contributed by atoms with van der Waals surface area (Å²) >= 11 is 0. The summed E-state index contributed by atoms with van der Waals surface area (Å²) in [5, 5.41) is 3.02. The van der Waals surface area contributed by atoms with Crippen molar-refractivity contribution in [2.75, 3.05) is 6.61 Å². The molecule has 2 aromatic carbocycles. The highest BCUT2D eigenvalue weighted by Gasteiger charge is 2.31. The number of aryl methyl sites for hydroxylation is 3. The molecule has 0 bridgehead atoms. The molecule has 0 saturated carbocycles. The van der Waals surface area contributed by atoms with Crippen molar-refractivity contribution in [3.8, 4) is 5.75 Å². The van der Waals surface area contributed by atoms with Crippen LogP contribution in [0.5, 0.6) is 5.75 Å². The predicted molar refractivity (Wildman–Crippen MR) is 125 cm³/mol. The second-order valence-electron chi connectivity index (χ2n) is 9.17. The summed E-state index contributed by atoms with van der Waals surface area (Å²) in [7, 11) is 0. The Morgan fingerprint density at radius 2 is 1.71 bits per heavy atom. The van der Waals surface area contributed by atoms with Gasteiger partial charge < -0.3 is 15.0 Å². The van der Waals surface area contributed by atoms with E-state index in [1.165, 1.54) is 0 Å². The van der Waals surface area contributed by atoms with E-state index in [0.717, 1.165) is 22.3 Å². The number of nitrogens with zero attached hydrogens (tertiary/aromatic N) is 1. The summed E-state index contributed by atoms with van der Waals surface area (Å²) in [5.41, 5.74) is 3.77. The van der Waals surface area contributed by atoms with E-state index in [9.17, 15) is 9.59 Å². The SMILES string of the molecule is CCC(C(=O)NC(C)(C)C)N(Cc1ccccc1C)C(=O)COc1cc(C)ccc1C. The summed E-state index contributed by atoms with van der Waals surface area (Å²) in [6, 6.07) is 13.3. The van der Waals surface area contributed by atoms with Crippen LogP contribution in [0.2, 0.25) is 0 Å². The summed E-state index contributed by atoms with van der Waals surface area (Å²) in [6.45, 7) is 13.9. The van der Waals surface area contributed by atoms with Gasteiger partial charge in [-0.3, -0.25) is 9.59 Å². The van der Waals surface area contributed by atoms with Crippen LogP contribution in [0.25, 0.3) is 0 Å². The van der Waals surface area contributed by atoms with Crippen LogP contribution < -0.4 is 10.1 Å². The average molecular weight is 425 g/mol. The molecule has 0 radical (unpaired) electrons. The fraction of sp³-hybridized carbons (Fsp3) is 0.462. The van der Waals surface area contributed by atoms with Gasteiger partial charge >= 0.3 is 0 Å². The molecule has 2 aromatic rings. The highest BCUT2D eigenvalue weighted by Crippen LogP contribution is 2.20. The smallest absolute Gasteiger partial charge is 0.261 e. The van der Waals surface area contributed by atoms with Gasteiger partial charge in [-0.1, -0.05) is 43.3 Å². The Labute approximate surface area is 186 Å². The molecular weight excluding hydrogens is 388 g/mol. The molecule has 0 aromatic heterocycles. The number of nitrogens with one attached hydrogen (secondary N) is 1. The molecule has 1 N–H and O–H groups in total. The number of carbonyl (C=O) groups is 2. The van der Waals surface area contributed by atoms with Crippen LogP contribution in [-0.4, -0.2) is 34.9 Å². The number of benzene rings is 2. The zero-order valence-electron chi connectivity index (χ0n) is 19.9. The molecule has 0 fully saturated rings. The highest BCUT2D eigenvalue weighted by molar-refractivity contribution is 5.88. The summed E-state index contributed by atoms with van der Waals surface area (Å²) in [6.07, 6.45) is 0.517. The fourth-order valence-corrected chi connectivity index (χ4v) is 3.43. The van der Waals surface area contributed by atoms with Crippen molar-refractivity contribution < 1.29 is 14.3 Å². The van der Waals surface area contributed by atoms with Gasteiger partial charge in [0.05, 0.1) is 0 Å². The van der Waals surface area contributed by atoms with Crippen molar-refractivity contribution in [2.24, 2.45) is 0 Å². The molecule has 2 amide bonds. The van der Waals surface area contributed by atoms with E-state index in [-0.39, 0.29) is 24.0 Å². The first kappa shape index (κ1) is 24.4. The average Bonchev–Trinajstić information content (AvgIpc) is 2.68. The molecule has 5 nitrogen and oxygen atoms in total. The number of hydrogen-bond donors (Lipinski definition) is 1. The zero-order chi connectivity index (χ0) is 23.2. The normalized spacial score (nSPS) is 12.2. The summed E-state index contributed by atoms with van der Waals surface area (Å²) in [5.74, 6) is 0.333. The monoisotopic (exact) mass is 424 g/mol. The van der Waals surface area contributed by atoms with Crippen molar-refractivity contribution in [3.63, 3.8) is 0 Å². The first-order valence-corrected chi connectivity index (χ1v) is 10.9. The van der Waals surface area contributed by atoms with Gasteiger partial charge in [0.2, 0.25) is 5.91 Å². The van der Waals surface area contributed by atoms with E-state index in [0.29, 0.717) is 18.7 Å². The lowest BCUT2D eigenvalue weighted by atomic mass is 10.0. The van der Waals surface area contributed by atoms with Crippen molar-refractivity contribution in [1.29, 1.82) is 0 Å². The quantitative estimate of drug-likeness (QED) is 0.667. The zero-order valence-corrected chi connectivity index (χ0v) is 19.9. The highest BCUT2D eigenvalue weighted by atomic mass is 16.5. The van der Waals surface area contributed by atoms with Crippen molar-refractivity contribution >= 4 is 11.8 Å². The minimum Gasteiger partial charge on any atom is -0.483 e. The molecule has 168 valence electrons. The molecule has 5 heteroatoms. The Bertz CT molecular complexity index is 915. The van der Waals surface area contributed by atoms with Crippen LogP contribution in [0, 0.1) is 20.8 Å². The fourth-order valence-electron chi connectivity index (χ4n) is 3.43. The second kappa shape index (κ2) is 10.5. The van der Waals surface area contributed by atoms with Crippen LogP contribution in [0.1, 0.15) is 56.4 Å². The number of carbonyl (C=O) groups excluding carboxylic acids is 2. The lowest BCUT2D eigenvalue weighted by Crippen LogP contribution is -2.54. The maximum absolute atomic E-state index is 13.3. The minimum absolute atomic E-state index is 0.116. The third kappa shape index (κ3) is 7.12. The number of ether oxygens (including phenoxy) is 1. The standard InChI is InChI=1S/C26H36N2O3/c1-8-22(25(30)27-26(5,6)7)28(16-21-12-10-9-11-19(21)3)24(29)17-31-23-15-18(2)13-14-20(23)4/h9-15,22H,8,16-17H2,1-7H3,(H,27,30). The summed E-state index contributed by atoms with van der Waals surface area (Å²) in [4.78, 5) is 28.0. The molecule has 0 saturated heterocycles. The van der Waals surface area contributed by atoms with Gasteiger partial charge in [0.15, 0.2) is 6.61 Å². The van der Waals surface area contributed by atoms with E-state index in [1.54, 1.807) is 4.90 Å². The van der Waals surface area contributed by atoms with Gasteiger partial charge in [0.25, 0.3) is 5.91 Å². The van der Waals surface area contributed by atoms with E-state index >= 15 is 0 Å². The molecule has 0 heterocycles. The Morgan fingerprint density at radius 3 is 2.32 bits per heavy atom. The predicted octanol–water partition coefficient (Wildman–Crippen LogP) is 4.71. The topological polar surface area (TPSA) is 58.6 Å². The Hall–Kier alpha value is -2.82. The third-order valence-corrected chi connectivity index (χ3v) is 5.18. The first-order valence-electron chi connectivity index (χ1n) is 10.9. The van der Waals surface area contributed by atoms with Crippen LogP contribution in [0.4, 0.5) is 0 Å². The third-order valence-electron chi connectivity index (χ3n) is 5.18. The van der Waals surface area contributed by atoms with Crippen LogP contribution >= 0.6 is 0 Å². The van der Waals surface area contributed by atoms with E-state index in [1.807, 2.05) is 90.9 Å². The van der Waals surface area contributed by atoms with Gasteiger partial charge in [-0.2, -0.15) is 0 Å². The van der Waals surface area contributed by atoms with Crippen molar-refractivity contribution in [1.82, 2.24) is 10.2 Å². The van der Waals surface area contributed by atoms with Crippen LogP contribution in [0.15, 0.2) is 42.5 Å². The lowest BCUT2D eigenvalue weighted by Gasteiger charge is -2.33. The van der Waals surface area contributed by atoms with Gasteiger partial charge in [-0.15, -0.1) is 0 Å². The Kier molecular flexibility index (Phi) is 8.26. The Balaban J connectivity index is 2.28. The largest absolute Gasteiger partial charge is 0.483 e. The first-order chi connectivity index (χ1) is 14.5. The van der Waals surface area contributed by atoms with E-state index < -0.39 is 6.04 Å². The van der Waals surface area contributed by atoms with Crippen molar-refractivity contribution in [2.45, 2.75) is 73.0 Å². The van der Waals surface area contributed by atoms with E-state index in [4.69, 9.17) is 4.74 Å². The van der Waals surface area contributed by atoms with Gasteiger partial charge in [0.1, 0.15) is 11.8 Å². The van der Waals surface area contributed by atoms with Crippen LogP contribution in [-0.2, 0) is 16.1 Å². The maximum atomic E-state index is 13.3. The number of amides is 2.